The molecule has 0 aromatic heterocycles. The summed E-state index contributed by atoms with van der Waals surface area (Å²) in [4.78, 5) is 13.8. The fourth-order valence-electron chi connectivity index (χ4n) is 1.92. The van der Waals surface area contributed by atoms with Gasteiger partial charge in [0, 0.05) is 26.8 Å². The first kappa shape index (κ1) is 19.4. The van der Waals surface area contributed by atoms with Crippen LogP contribution in [0, 0.1) is 0 Å². The van der Waals surface area contributed by atoms with E-state index in [4.69, 9.17) is 14.6 Å². The number of aliphatic hydroxyl groups excluding tert-OH is 1. The third-order valence-electron chi connectivity index (χ3n) is 3.13. The number of methoxy groups -OCH3 is 1. The summed E-state index contributed by atoms with van der Waals surface area (Å²) in [6.07, 6.45) is 6.50. The Morgan fingerprint density at radius 3 is 2.40 bits per heavy atom. The molecule has 5 nitrogen and oxygen atoms in total. The van der Waals surface area contributed by atoms with E-state index < -0.39 is 0 Å². The van der Waals surface area contributed by atoms with Crippen molar-refractivity contribution in [2.75, 3.05) is 46.6 Å². The van der Waals surface area contributed by atoms with Crippen molar-refractivity contribution in [3.05, 3.63) is 0 Å². The molecule has 0 rings (SSSR count). The van der Waals surface area contributed by atoms with E-state index in [1.165, 1.54) is 19.3 Å². The van der Waals surface area contributed by atoms with Crippen LogP contribution in [-0.4, -0.2) is 62.5 Å². The monoisotopic (exact) mass is 289 g/mol. The topological polar surface area (TPSA) is 59.0 Å². The van der Waals surface area contributed by atoms with Gasteiger partial charge in [-0.25, -0.2) is 0 Å². The van der Waals surface area contributed by atoms with E-state index >= 15 is 0 Å². The molecule has 20 heavy (non-hydrogen) atoms. The Labute approximate surface area is 123 Å². The highest BCUT2D eigenvalue weighted by atomic mass is 16.5. The number of hydrogen-bond acceptors (Lipinski definition) is 4. The van der Waals surface area contributed by atoms with Gasteiger partial charge in [0.05, 0.1) is 13.2 Å². The molecular weight excluding hydrogens is 258 g/mol. The van der Waals surface area contributed by atoms with Gasteiger partial charge in [-0.3, -0.25) is 4.79 Å². The number of hydrogen-bond donors (Lipinski definition) is 1. The molecule has 0 heterocycles. The Balaban J connectivity index is 3.88. The van der Waals surface area contributed by atoms with Crippen molar-refractivity contribution < 1.29 is 19.4 Å². The van der Waals surface area contributed by atoms with Gasteiger partial charge in [-0.1, -0.05) is 32.6 Å². The van der Waals surface area contributed by atoms with Gasteiger partial charge in [0.1, 0.15) is 6.61 Å². The van der Waals surface area contributed by atoms with Gasteiger partial charge < -0.3 is 19.5 Å². The maximum absolute atomic E-state index is 12.0. The SMILES string of the molecule is CCCCCCCN(CCCO)C(=O)COCCOC. The Hall–Kier alpha value is -0.650. The lowest BCUT2D eigenvalue weighted by Crippen LogP contribution is -2.36. The zero-order chi connectivity index (χ0) is 15.1. The highest BCUT2D eigenvalue weighted by Gasteiger charge is 2.12. The van der Waals surface area contributed by atoms with E-state index in [0.29, 0.717) is 26.2 Å². The second-order valence-electron chi connectivity index (χ2n) is 4.92. The Morgan fingerprint density at radius 1 is 1.05 bits per heavy atom. The molecule has 0 aliphatic carbocycles. The molecule has 5 heteroatoms. The molecule has 0 aliphatic rings. The van der Waals surface area contributed by atoms with E-state index in [1.54, 1.807) is 12.0 Å². The quantitative estimate of drug-likeness (QED) is 0.496. The van der Waals surface area contributed by atoms with Crippen molar-refractivity contribution in [3.8, 4) is 0 Å². The lowest BCUT2D eigenvalue weighted by atomic mass is 10.1. The molecule has 0 atom stereocenters. The predicted molar refractivity (Wildman–Crippen MR) is 79.7 cm³/mol. The second kappa shape index (κ2) is 14.8. The smallest absolute Gasteiger partial charge is 0.248 e. The highest BCUT2D eigenvalue weighted by Crippen LogP contribution is 2.05. The largest absolute Gasteiger partial charge is 0.396 e. The van der Waals surface area contributed by atoms with Gasteiger partial charge >= 0.3 is 0 Å². The maximum atomic E-state index is 12.0. The number of unbranched alkanes of at least 4 members (excludes halogenated alkanes) is 4. The molecule has 0 bridgehead atoms. The summed E-state index contributed by atoms with van der Waals surface area (Å²) >= 11 is 0. The normalized spacial score (nSPS) is 10.8. The fraction of sp³-hybridized carbons (Fsp3) is 0.933. The van der Waals surface area contributed by atoms with E-state index in [1.807, 2.05) is 0 Å². The fourth-order valence-corrected chi connectivity index (χ4v) is 1.92. The van der Waals surface area contributed by atoms with Crippen LogP contribution in [0.25, 0.3) is 0 Å². The van der Waals surface area contributed by atoms with Crippen molar-refractivity contribution in [1.29, 1.82) is 0 Å². The number of carbonyl (C=O) groups excluding carboxylic acids is 1. The third kappa shape index (κ3) is 11.2. The lowest BCUT2D eigenvalue weighted by Gasteiger charge is -2.22. The minimum absolute atomic E-state index is 0.00467. The molecule has 120 valence electrons. The summed E-state index contributed by atoms with van der Waals surface area (Å²) < 4.78 is 10.1. The molecule has 1 N–H and O–H groups in total. The molecule has 0 fully saturated rings. The van der Waals surface area contributed by atoms with Crippen LogP contribution >= 0.6 is 0 Å². The van der Waals surface area contributed by atoms with Gasteiger partial charge in [0.2, 0.25) is 5.91 Å². The third-order valence-corrected chi connectivity index (χ3v) is 3.13. The molecule has 0 spiro atoms. The minimum Gasteiger partial charge on any atom is -0.396 e. The van der Waals surface area contributed by atoms with Crippen LogP contribution in [0.5, 0.6) is 0 Å². The number of amides is 1. The lowest BCUT2D eigenvalue weighted by molar-refractivity contribution is -0.136. The summed E-state index contributed by atoms with van der Waals surface area (Å²) in [5.74, 6) is 0.00467. The molecule has 1 amide bonds. The molecule has 0 aromatic rings. The van der Waals surface area contributed by atoms with Crippen LogP contribution in [0.15, 0.2) is 0 Å². The van der Waals surface area contributed by atoms with Crippen LogP contribution < -0.4 is 0 Å². The number of rotatable bonds is 14. The summed E-state index contributed by atoms with van der Waals surface area (Å²) in [5, 5.41) is 8.90. The predicted octanol–water partition coefficient (Wildman–Crippen LogP) is 1.83. The van der Waals surface area contributed by atoms with Crippen molar-refractivity contribution in [2.24, 2.45) is 0 Å². The van der Waals surface area contributed by atoms with Crippen LogP contribution in [-0.2, 0) is 14.3 Å². The summed E-state index contributed by atoms with van der Waals surface area (Å²) in [7, 11) is 1.61. The van der Waals surface area contributed by atoms with Gasteiger partial charge in [0.25, 0.3) is 0 Å². The van der Waals surface area contributed by atoms with Crippen molar-refractivity contribution in [3.63, 3.8) is 0 Å². The Morgan fingerprint density at radius 2 is 1.75 bits per heavy atom. The molecule has 0 saturated carbocycles. The van der Waals surface area contributed by atoms with Crippen LogP contribution in [0.3, 0.4) is 0 Å². The summed E-state index contributed by atoms with van der Waals surface area (Å²) in [6.45, 7) is 4.71. The highest BCUT2D eigenvalue weighted by molar-refractivity contribution is 5.77. The van der Waals surface area contributed by atoms with Crippen molar-refractivity contribution in [2.45, 2.75) is 45.4 Å². The minimum atomic E-state index is 0.00467. The first-order valence-electron chi connectivity index (χ1n) is 7.71. The van der Waals surface area contributed by atoms with Crippen LogP contribution in [0.2, 0.25) is 0 Å². The Bertz CT molecular complexity index is 224. The van der Waals surface area contributed by atoms with E-state index in [2.05, 4.69) is 6.92 Å². The maximum Gasteiger partial charge on any atom is 0.248 e. The summed E-state index contributed by atoms with van der Waals surface area (Å²) in [5.41, 5.74) is 0. The molecule has 0 aliphatic heterocycles. The average molecular weight is 289 g/mol. The van der Waals surface area contributed by atoms with Gasteiger partial charge in [-0.05, 0) is 12.8 Å². The first-order chi connectivity index (χ1) is 9.76. The molecule has 0 saturated heterocycles. The second-order valence-corrected chi connectivity index (χ2v) is 4.92. The Kier molecular flexibility index (Phi) is 14.3. The van der Waals surface area contributed by atoms with Crippen LogP contribution in [0.4, 0.5) is 0 Å². The zero-order valence-corrected chi connectivity index (χ0v) is 13.1. The number of ether oxygens (including phenoxy) is 2. The van der Waals surface area contributed by atoms with Gasteiger partial charge in [0.15, 0.2) is 0 Å². The molecule has 0 unspecified atom stereocenters. The molecule has 0 aromatic carbocycles. The van der Waals surface area contributed by atoms with Crippen molar-refractivity contribution in [1.82, 2.24) is 4.90 Å². The molecular formula is C15H31NO4. The number of carbonyl (C=O) groups is 1. The van der Waals surface area contributed by atoms with E-state index in [0.717, 1.165) is 19.4 Å². The van der Waals surface area contributed by atoms with Crippen LogP contribution in [0.1, 0.15) is 45.4 Å². The standard InChI is InChI=1S/C15H31NO4/c1-3-4-5-6-7-9-16(10-8-11-17)15(18)14-20-13-12-19-2/h17H,3-14H2,1-2H3. The van der Waals surface area contributed by atoms with E-state index in [9.17, 15) is 4.79 Å². The average Bonchev–Trinajstić information content (AvgIpc) is 2.46. The number of aliphatic hydroxyl groups is 1. The zero-order valence-electron chi connectivity index (χ0n) is 13.1. The summed E-state index contributed by atoms with van der Waals surface area (Å²) in [6, 6.07) is 0. The number of nitrogens with zero attached hydrogens (tertiary/aromatic N) is 1. The van der Waals surface area contributed by atoms with E-state index in [-0.39, 0.29) is 19.1 Å². The van der Waals surface area contributed by atoms with Gasteiger partial charge in [-0.15, -0.1) is 0 Å². The molecule has 0 radical (unpaired) electrons. The first-order valence-corrected chi connectivity index (χ1v) is 7.71. The van der Waals surface area contributed by atoms with Crippen molar-refractivity contribution >= 4 is 5.91 Å². The van der Waals surface area contributed by atoms with Gasteiger partial charge in [-0.2, -0.15) is 0 Å².